The zero-order valence-corrected chi connectivity index (χ0v) is 14.2. The number of amides is 1. The molecule has 3 N–H and O–H groups in total. The van der Waals surface area contributed by atoms with Gasteiger partial charge in [-0.05, 0) is 31.5 Å². The SMILES string of the molecule is Cc1ccc2nc(/N=C(\N)NC(=O)Cc3ccccc3)nc(C)c2c1. The van der Waals surface area contributed by atoms with Gasteiger partial charge in [0.25, 0.3) is 5.95 Å². The first kappa shape index (κ1) is 16.6. The molecule has 0 spiro atoms. The number of fused-ring (bicyclic) bond motifs is 1. The van der Waals surface area contributed by atoms with Gasteiger partial charge in [0.05, 0.1) is 17.6 Å². The third kappa shape index (κ3) is 4.17. The van der Waals surface area contributed by atoms with Gasteiger partial charge in [-0.1, -0.05) is 42.0 Å². The maximum absolute atomic E-state index is 12.0. The van der Waals surface area contributed by atoms with Crippen LogP contribution in [0.15, 0.2) is 53.5 Å². The molecule has 0 aliphatic heterocycles. The maximum atomic E-state index is 12.0. The van der Waals surface area contributed by atoms with Crippen molar-refractivity contribution in [3.63, 3.8) is 0 Å². The number of aryl methyl sites for hydroxylation is 2. The molecule has 1 heterocycles. The van der Waals surface area contributed by atoms with Crippen molar-refractivity contribution < 1.29 is 4.79 Å². The summed E-state index contributed by atoms with van der Waals surface area (Å²) in [6.45, 7) is 3.91. The first-order valence-electron chi connectivity index (χ1n) is 7.94. The summed E-state index contributed by atoms with van der Waals surface area (Å²) in [7, 11) is 0. The average Bonchev–Trinajstić information content (AvgIpc) is 2.56. The molecule has 3 aromatic rings. The molecule has 0 atom stereocenters. The summed E-state index contributed by atoms with van der Waals surface area (Å²) in [6, 6.07) is 15.4. The van der Waals surface area contributed by atoms with Gasteiger partial charge in [0.15, 0.2) is 0 Å². The normalized spacial score (nSPS) is 11.5. The minimum Gasteiger partial charge on any atom is -0.369 e. The van der Waals surface area contributed by atoms with E-state index < -0.39 is 0 Å². The summed E-state index contributed by atoms with van der Waals surface area (Å²) in [5, 5.41) is 3.54. The van der Waals surface area contributed by atoms with E-state index in [4.69, 9.17) is 5.73 Å². The van der Waals surface area contributed by atoms with Crippen molar-refractivity contribution in [3.05, 3.63) is 65.4 Å². The third-order valence-corrected chi connectivity index (χ3v) is 3.73. The van der Waals surface area contributed by atoms with E-state index in [9.17, 15) is 4.79 Å². The molecule has 0 fully saturated rings. The smallest absolute Gasteiger partial charge is 0.253 e. The Labute approximate surface area is 145 Å². The molecule has 126 valence electrons. The quantitative estimate of drug-likeness (QED) is 0.569. The van der Waals surface area contributed by atoms with E-state index in [0.29, 0.717) is 0 Å². The van der Waals surface area contributed by atoms with E-state index in [-0.39, 0.29) is 24.2 Å². The molecule has 0 saturated heterocycles. The average molecular weight is 333 g/mol. The molecule has 6 heteroatoms. The van der Waals surface area contributed by atoms with Crippen LogP contribution in [0.2, 0.25) is 0 Å². The number of carbonyl (C=O) groups excluding carboxylic acids is 1. The number of carbonyl (C=O) groups is 1. The number of aliphatic imine (C=N–C) groups is 1. The molecule has 2 aromatic carbocycles. The third-order valence-electron chi connectivity index (χ3n) is 3.73. The van der Waals surface area contributed by atoms with Crippen LogP contribution in [-0.2, 0) is 11.2 Å². The summed E-state index contributed by atoms with van der Waals surface area (Å²) in [5.41, 5.74) is 9.47. The second-order valence-corrected chi connectivity index (χ2v) is 5.84. The molecular formula is C19H19N5O. The van der Waals surface area contributed by atoms with Crippen LogP contribution in [0, 0.1) is 13.8 Å². The van der Waals surface area contributed by atoms with E-state index >= 15 is 0 Å². The molecule has 0 saturated carbocycles. The monoisotopic (exact) mass is 333 g/mol. The Kier molecular flexibility index (Phi) is 4.70. The van der Waals surface area contributed by atoms with Gasteiger partial charge in [-0.25, -0.2) is 9.97 Å². The molecule has 1 amide bonds. The van der Waals surface area contributed by atoms with Crippen molar-refractivity contribution in [1.29, 1.82) is 0 Å². The number of hydrogen-bond donors (Lipinski definition) is 2. The van der Waals surface area contributed by atoms with Gasteiger partial charge < -0.3 is 5.73 Å². The number of nitrogens with two attached hydrogens (primary N) is 1. The standard InChI is InChI=1S/C19H19N5O/c1-12-8-9-16-15(10-12)13(2)21-19(22-16)24-18(20)23-17(25)11-14-6-4-3-5-7-14/h3-10H,11H2,1-2H3,(H3,20,21,22,23,24,25). The van der Waals surface area contributed by atoms with E-state index in [2.05, 4.69) is 20.3 Å². The van der Waals surface area contributed by atoms with Crippen molar-refractivity contribution in [2.24, 2.45) is 10.7 Å². The van der Waals surface area contributed by atoms with Crippen molar-refractivity contribution in [2.75, 3.05) is 0 Å². The molecule has 0 bridgehead atoms. The Morgan fingerprint density at radius 2 is 1.88 bits per heavy atom. The number of nitrogens with zero attached hydrogens (tertiary/aromatic N) is 3. The molecular weight excluding hydrogens is 314 g/mol. The zero-order chi connectivity index (χ0) is 17.8. The Balaban J connectivity index is 1.76. The van der Waals surface area contributed by atoms with Gasteiger partial charge in [0.1, 0.15) is 0 Å². The van der Waals surface area contributed by atoms with E-state index in [1.807, 2.05) is 62.4 Å². The van der Waals surface area contributed by atoms with Crippen molar-refractivity contribution in [3.8, 4) is 0 Å². The lowest BCUT2D eigenvalue weighted by atomic mass is 10.1. The summed E-state index contributed by atoms with van der Waals surface area (Å²) in [4.78, 5) is 24.9. The van der Waals surface area contributed by atoms with Gasteiger partial charge >= 0.3 is 0 Å². The zero-order valence-electron chi connectivity index (χ0n) is 14.2. The number of benzene rings is 2. The molecule has 0 unspecified atom stereocenters. The lowest BCUT2D eigenvalue weighted by Crippen LogP contribution is -2.37. The van der Waals surface area contributed by atoms with Gasteiger partial charge in [-0.2, -0.15) is 4.99 Å². The van der Waals surface area contributed by atoms with Gasteiger partial charge in [-0.3, -0.25) is 10.1 Å². The van der Waals surface area contributed by atoms with Crippen LogP contribution in [0.5, 0.6) is 0 Å². The summed E-state index contributed by atoms with van der Waals surface area (Å²) in [5.74, 6) is -0.0289. The fourth-order valence-electron chi connectivity index (χ4n) is 2.53. The highest BCUT2D eigenvalue weighted by molar-refractivity contribution is 5.97. The lowest BCUT2D eigenvalue weighted by Gasteiger charge is -2.06. The van der Waals surface area contributed by atoms with Crippen molar-refractivity contribution >= 4 is 28.7 Å². The Morgan fingerprint density at radius 1 is 1.12 bits per heavy atom. The number of guanidine groups is 1. The van der Waals surface area contributed by atoms with Gasteiger partial charge in [-0.15, -0.1) is 0 Å². The van der Waals surface area contributed by atoms with Crippen LogP contribution in [0.4, 0.5) is 5.95 Å². The minimum atomic E-state index is -0.236. The fourth-order valence-corrected chi connectivity index (χ4v) is 2.53. The van der Waals surface area contributed by atoms with Crippen LogP contribution in [0.3, 0.4) is 0 Å². The summed E-state index contributed by atoms with van der Waals surface area (Å²) < 4.78 is 0. The second-order valence-electron chi connectivity index (χ2n) is 5.84. The topological polar surface area (TPSA) is 93.3 Å². The van der Waals surface area contributed by atoms with Crippen molar-refractivity contribution in [2.45, 2.75) is 20.3 Å². The second kappa shape index (κ2) is 7.09. The first-order valence-corrected chi connectivity index (χ1v) is 7.94. The van der Waals surface area contributed by atoms with E-state index in [1.165, 1.54) is 0 Å². The van der Waals surface area contributed by atoms with Gasteiger partial charge in [0, 0.05) is 5.39 Å². The number of nitrogens with one attached hydrogen (secondary N) is 1. The van der Waals surface area contributed by atoms with Crippen molar-refractivity contribution in [1.82, 2.24) is 15.3 Å². The van der Waals surface area contributed by atoms with Crippen LogP contribution in [0.25, 0.3) is 10.9 Å². The van der Waals surface area contributed by atoms with E-state index in [1.54, 1.807) is 0 Å². The minimum absolute atomic E-state index is 0.0215. The highest BCUT2D eigenvalue weighted by Gasteiger charge is 2.07. The number of hydrogen-bond acceptors (Lipinski definition) is 4. The molecule has 6 nitrogen and oxygen atoms in total. The Morgan fingerprint density at radius 3 is 2.64 bits per heavy atom. The molecule has 25 heavy (non-hydrogen) atoms. The summed E-state index contributed by atoms with van der Waals surface area (Å²) in [6.07, 6.45) is 0.230. The summed E-state index contributed by atoms with van der Waals surface area (Å²) >= 11 is 0. The van der Waals surface area contributed by atoms with E-state index in [0.717, 1.165) is 27.7 Å². The highest BCUT2D eigenvalue weighted by Crippen LogP contribution is 2.19. The predicted octanol–water partition coefficient (Wildman–Crippen LogP) is 2.55. The maximum Gasteiger partial charge on any atom is 0.253 e. The Hall–Kier alpha value is -3.28. The van der Waals surface area contributed by atoms with Gasteiger partial charge in [0.2, 0.25) is 11.9 Å². The lowest BCUT2D eigenvalue weighted by molar-refractivity contribution is -0.119. The molecule has 0 aliphatic carbocycles. The molecule has 3 rings (SSSR count). The molecule has 0 radical (unpaired) electrons. The Bertz CT molecular complexity index is 951. The molecule has 1 aromatic heterocycles. The van der Waals surface area contributed by atoms with Crippen LogP contribution >= 0.6 is 0 Å². The fraction of sp³-hybridized carbons (Fsp3) is 0.158. The molecule has 0 aliphatic rings. The van der Waals surface area contributed by atoms with Crippen LogP contribution < -0.4 is 11.1 Å². The number of aromatic nitrogens is 2. The highest BCUT2D eigenvalue weighted by atomic mass is 16.1. The first-order chi connectivity index (χ1) is 12.0. The predicted molar refractivity (Wildman–Crippen MR) is 98.6 cm³/mol. The van der Waals surface area contributed by atoms with Crippen LogP contribution in [-0.4, -0.2) is 21.8 Å². The largest absolute Gasteiger partial charge is 0.369 e. The number of rotatable bonds is 3. The van der Waals surface area contributed by atoms with Crippen LogP contribution in [0.1, 0.15) is 16.8 Å².